The lowest BCUT2D eigenvalue weighted by atomic mass is 10.3. The lowest BCUT2D eigenvalue weighted by molar-refractivity contribution is -0.118. The monoisotopic (exact) mass is 451 g/mol. The molecule has 0 saturated carbocycles. The van der Waals surface area contributed by atoms with Crippen LogP contribution in [0.4, 0.5) is 5.13 Å². The minimum Gasteiger partial charge on any atom is -0.494 e. The fourth-order valence-electron chi connectivity index (χ4n) is 3.06. The smallest absolute Gasteiger partial charge is 0.234 e. The Balaban J connectivity index is 1.86. The molecule has 0 radical (unpaired) electrons. The van der Waals surface area contributed by atoms with Crippen molar-refractivity contribution >= 4 is 55.5 Å². The summed E-state index contributed by atoms with van der Waals surface area (Å²) in [6.07, 6.45) is 0.329. The summed E-state index contributed by atoms with van der Waals surface area (Å²) in [7, 11) is 0. The van der Waals surface area contributed by atoms with Crippen LogP contribution in [0.5, 0.6) is 5.75 Å². The van der Waals surface area contributed by atoms with E-state index in [2.05, 4.69) is 18.7 Å². The SMILES string of the molecule is CCOc1ccc2nc(N(CCN(CC)CC)C(=O)Cc3ccc(Cl)s3)sc2c1. The first kappa shape index (κ1) is 22.0. The van der Waals surface area contributed by atoms with Crippen molar-refractivity contribution in [1.29, 1.82) is 0 Å². The highest BCUT2D eigenvalue weighted by molar-refractivity contribution is 7.22. The molecule has 0 unspecified atom stereocenters. The molecule has 1 aromatic carbocycles. The number of anilines is 1. The number of carbonyl (C=O) groups excluding carboxylic acids is 1. The average molecular weight is 452 g/mol. The average Bonchev–Trinajstić information content (AvgIpc) is 3.30. The molecule has 156 valence electrons. The number of ether oxygens (including phenoxy) is 1. The first-order chi connectivity index (χ1) is 14.0. The van der Waals surface area contributed by atoms with Gasteiger partial charge in [0.05, 0.1) is 27.6 Å². The molecule has 0 aliphatic heterocycles. The van der Waals surface area contributed by atoms with Gasteiger partial charge in [-0.05, 0) is 50.3 Å². The van der Waals surface area contributed by atoms with Crippen LogP contribution in [0.15, 0.2) is 30.3 Å². The van der Waals surface area contributed by atoms with Crippen LogP contribution in [0.2, 0.25) is 4.34 Å². The summed E-state index contributed by atoms with van der Waals surface area (Å²) in [5.74, 6) is 0.865. The van der Waals surface area contributed by atoms with E-state index in [1.165, 1.54) is 22.7 Å². The van der Waals surface area contributed by atoms with Gasteiger partial charge in [-0.15, -0.1) is 11.3 Å². The van der Waals surface area contributed by atoms with Gasteiger partial charge < -0.3 is 9.64 Å². The predicted octanol–water partition coefficient (Wildman–Crippen LogP) is 5.33. The van der Waals surface area contributed by atoms with Gasteiger partial charge >= 0.3 is 0 Å². The van der Waals surface area contributed by atoms with Gasteiger partial charge in [-0.25, -0.2) is 4.98 Å². The predicted molar refractivity (Wildman–Crippen MR) is 124 cm³/mol. The van der Waals surface area contributed by atoms with Crippen molar-refractivity contribution in [2.75, 3.05) is 37.7 Å². The lowest BCUT2D eigenvalue weighted by Gasteiger charge is -2.24. The van der Waals surface area contributed by atoms with Crippen molar-refractivity contribution in [3.8, 4) is 5.75 Å². The van der Waals surface area contributed by atoms with Crippen molar-refractivity contribution in [3.63, 3.8) is 0 Å². The standard InChI is InChI=1S/C21H26ClN3O2S2/c1-4-24(5-2)11-12-25(20(26)14-16-8-10-19(22)28-16)21-23-17-9-7-15(27-6-3)13-18(17)29-21/h7-10,13H,4-6,11-12,14H2,1-3H3. The van der Waals surface area contributed by atoms with E-state index in [0.717, 1.165) is 45.6 Å². The molecule has 0 N–H and O–H groups in total. The van der Waals surface area contributed by atoms with Crippen molar-refractivity contribution in [3.05, 3.63) is 39.5 Å². The highest BCUT2D eigenvalue weighted by atomic mass is 35.5. The number of hydrogen-bond acceptors (Lipinski definition) is 6. The Hall–Kier alpha value is -1.67. The van der Waals surface area contributed by atoms with Gasteiger partial charge in [-0.3, -0.25) is 9.69 Å². The quantitative estimate of drug-likeness (QED) is 0.418. The number of hydrogen-bond donors (Lipinski definition) is 0. The van der Waals surface area contributed by atoms with E-state index in [1.54, 1.807) is 0 Å². The van der Waals surface area contributed by atoms with Crippen molar-refractivity contribution in [2.24, 2.45) is 0 Å². The summed E-state index contributed by atoms with van der Waals surface area (Å²) >= 11 is 9.02. The Morgan fingerprint density at radius 1 is 1.10 bits per heavy atom. The number of nitrogens with zero attached hydrogens (tertiary/aromatic N) is 3. The van der Waals surface area contributed by atoms with E-state index >= 15 is 0 Å². The van der Waals surface area contributed by atoms with Crippen LogP contribution in [-0.2, 0) is 11.2 Å². The van der Waals surface area contributed by atoms with E-state index in [0.29, 0.717) is 23.9 Å². The van der Waals surface area contributed by atoms with Gasteiger partial charge in [-0.2, -0.15) is 0 Å². The molecule has 29 heavy (non-hydrogen) atoms. The highest BCUT2D eigenvalue weighted by Gasteiger charge is 2.21. The maximum Gasteiger partial charge on any atom is 0.234 e. The Morgan fingerprint density at radius 2 is 1.90 bits per heavy atom. The minimum atomic E-state index is 0.0414. The number of rotatable bonds is 10. The van der Waals surface area contributed by atoms with Gasteiger partial charge in [0, 0.05) is 18.0 Å². The van der Waals surface area contributed by atoms with Gasteiger partial charge in [0.2, 0.25) is 5.91 Å². The Morgan fingerprint density at radius 3 is 2.55 bits per heavy atom. The molecule has 2 aromatic heterocycles. The molecule has 0 bridgehead atoms. The molecule has 8 heteroatoms. The summed E-state index contributed by atoms with van der Waals surface area (Å²) in [5, 5.41) is 0.730. The van der Waals surface area contributed by atoms with Crippen LogP contribution in [0.25, 0.3) is 10.2 Å². The third-order valence-corrected chi connectivity index (χ3v) is 6.95. The van der Waals surface area contributed by atoms with E-state index in [9.17, 15) is 4.79 Å². The third kappa shape index (κ3) is 5.69. The summed E-state index contributed by atoms with van der Waals surface area (Å²) in [6.45, 7) is 10.2. The van der Waals surface area contributed by atoms with Crippen molar-refractivity contribution < 1.29 is 9.53 Å². The molecule has 0 fully saturated rings. The number of amides is 1. The largest absolute Gasteiger partial charge is 0.494 e. The molecule has 0 atom stereocenters. The third-order valence-electron chi connectivity index (χ3n) is 4.68. The number of benzene rings is 1. The number of likely N-dealkylation sites (N-methyl/N-ethyl adjacent to an activating group) is 1. The van der Waals surface area contributed by atoms with Gasteiger partial charge in [0.25, 0.3) is 0 Å². The molecule has 1 amide bonds. The molecule has 3 aromatic rings. The zero-order valence-electron chi connectivity index (χ0n) is 17.0. The first-order valence-electron chi connectivity index (χ1n) is 9.84. The van der Waals surface area contributed by atoms with Crippen LogP contribution in [-0.4, -0.2) is 48.6 Å². The molecule has 2 heterocycles. The van der Waals surface area contributed by atoms with Crippen molar-refractivity contribution in [1.82, 2.24) is 9.88 Å². The number of thiophene rings is 1. The first-order valence-corrected chi connectivity index (χ1v) is 11.8. The molecule has 5 nitrogen and oxygen atoms in total. The Bertz CT molecular complexity index is 952. The topological polar surface area (TPSA) is 45.7 Å². The summed E-state index contributed by atoms with van der Waals surface area (Å²) < 4.78 is 7.32. The normalized spacial score (nSPS) is 11.3. The molecular weight excluding hydrogens is 426 g/mol. The summed E-state index contributed by atoms with van der Waals surface area (Å²) in [6, 6.07) is 9.62. The number of aromatic nitrogens is 1. The fraction of sp³-hybridized carbons (Fsp3) is 0.429. The second-order valence-electron chi connectivity index (χ2n) is 6.51. The molecule has 3 rings (SSSR count). The fourth-order valence-corrected chi connectivity index (χ4v) is 5.18. The maximum atomic E-state index is 13.2. The number of halogens is 1. The van der Waals surface area contributed by atoms with E-state index in [1.807, 2.05) is 42.2 Å². The molecule has 0 saturated heterocycles. The van der Waals surface area contributed by atoms with E-state index in [4.69, 9.17) is 21.3 Å². The number of carbonyl (C=O) groups is 1. The van der Waals surface area contributed by atoms with Crippen molar-refractivity contribution in [2.45, 2.75) is 27.2 Å². The van der Waals surface area contributed by atoms with Crippen LogP contribution in [0, 0.1) is 0 Å². The van der Waals surface area contributed by atoms with Crippen LogP contribution in [0.3, 0.4) is 0 Å². The second-order valence-corrected chi connectivity index (χ2v) is 9.32. The zero-order chi connectivity index (χ0) is 20.8. The molecular formula is C21H26ClN3O2S2. The summed E-state index contributed by atoms with van der Waals surface area (Å²) in [5.41, 5.74) is 0.883. The number of fused-ring (bicyclic) bond motifs is 1. The summed E-state index contributed by atoms with van der Waals surface area (Å²) in [4.78, 5) is 23.0. The van der Waals surface area contributed by atoms with Gasteiger partial charge in [0.15, 0.2) is 5.13 Å². The Labute approximate surface area is 184 Å². The zero-order valence-corrected chi connectivity index (χ0v) is 19.4. The molecule has 0 spiro atoms. The number of thiazole rings is 1. The van der Waals surface area contributed by atoms with E-state index < -0.39 is 0 Å². The Kier molecular flexibility index (Phi) is 7.89. The van der Waals surface area contributed by atoms with E-state index in [-0.39, 0.29) is 5.91 Å². The van der Waals surface area contributed by atoms with Crippen LogP contribution < -0.4 is 9.64 Å². The molecule has 0 aliphatic carbocycles. The lowest BCUT2D eigenvalue weighted by Crippen LogP contribution is -2.39. The second kappa shape index (κ2) is 10.4. The minimum absolute atomic E-state index is 0.0414. The van der Waals surface area contributed by atoms with Crippen LogP contribution in [0.1, 0.15) is 25.6 Å². The maximum absolute atomic E-state index is 13.2. The van der Waals surface area contributed by atoms with Crippen LogP contribution >= 0.6 is 34.3 Å². The van der Waals surface area contributed by atoms with Gasteiger partial charge in [-0.1, -0.05) is 36.8 Å². The molecule has 0 aliphatic rings. The van der Waals surface area contributed by atoms with Gasteiger partial charge in [0.1, 0.15) is 5.75 Å². The highest BCUT2D eigenvalue weighted by Crippen LogP contribution is 2.32.